The van der Waals surface area contributed by atoms with Crippen LogP contribution in [0.25, 0.3) is 0 Å². The number of fused-ring (bicyclic) bond motifs is 2. The van der Waals surface area contributed by atoms with Gasteiger partial charge in [0.05, 0.1) is 0 Å². The molecule has 2 heterocycles. The molecule has 0 bridgehead atoms. The van der Waals surface area contributed by atoms with Crippen LogP contribution in [0, 0.1) is 0 Å². The van der Waals surface area contributed by atoms with Gasteiger partial charge >= 0.3 is 245 Å². The molecule has 0 unspecified atom stereocenters. The summed E-state index contributed by atoms with van der Waals surface area (Å²) < 4.78 is 1.83. The van der Waals surface area contributed by atoms with E-state index < -0.39 is 14.3 Å². The monoisotopic (exact) mass is 593 g/mol. The Labute approximate surface area is 244 Å². The Morgan fingerprint density at radius 3 is 1.10 bits per heavy atom. The van der Waals surface area contributed by atoms with Gasteiger partial charge in [-0.2, -0.15) is 0 Å². The molecule has 2 aliphatic heterocycles. The first kappa shape index (κ1) is 29.0. The van der Waals surface area contributed by atoms with Crippen molar-refractivity contribution in [2.24, 2.45) is 0 Å². The van der Waals surface area contributed by atoms with Gasteiger partial charge in [0.25, 0.3) is 0 Å². The van der Waals surface area contributed by atoms with E-state index in [0.29, 0.717) is 10.00 Å². The summed E-state index contributed by atoms with van der Waals surface area (Å²) in [5.74, 6) is 0. The molecule has 0 atom stereocenters. The number of hydrogen-bond donors (Lipinski definition) is 0. The minimum absolute atomic E-state index is 0.158. The van der Waals surface area contributed by atoms with Crippen LogP contribution in [0.3, 0.4) is 0 Å². The van der Waals surface area contributed by atoms with Crippen LogP contribution < -0.4 is 4.40 Å². The van der Waals surface area contributed by atoms with Gasteiger partial charge in [-0.05, 0) is 0 Å². The van der Waals surface area contributed by atoms with Crippen molar-refractivity contribution < 1.29 is 0 Å². The fourth-order valence-corrected chi connectivity index (χ4v) is 19.5. The van der Waals surface area contributed by atoms with E-state index in [1.165, 1.54) is 35.6 Å². The molecular weight excluding hydrogens is 537 g/mol. The number of benzene rings is 1. The number of nitrogens with zero attached hydrogens (tertiary/aromatic N) is 4. The van der Waals surface area contributed by atoms with Gasteiger partial charge in [-0.25, -0.2) is 0 Å². The van der Waals surface area contributed by atoms with Gasteiger partial charge in [-0.15, -0.1) is 0 Å². The molecule has 215 valence electrons. The van der Waals surface area contributed by atoms with Crippen LogP contribution in [0.5, 0.6) is 0 Å². The summed E-state index contributed by atoms with van der Waals surface area (Å²) in [5.41, 5.74) is 13.1. The van der Waals surface area contributed by atoms with Crippen LogP contribution in [-0.2, 0) is 21.7 Å². The molecule has 1 radical (unpaired) electrons. The summed E-state index contributed by atoms with van der Waals surface area (Å²) >= 11 is -2.25. The van der Waals surface area contributed by atoms with Crippen LogP contribution >= 0.6 is 0 Å². The van der Waals surface area contributed by atoms with Crippen LogP contribution in [0.2, 0.25) is 0 Å². The summed E-state index contributed by atoms with van der Waals surface area (Å²) in [6.45, 7) is 29.6. The second-order valence-electron chi connectivity index (χ2n) is 16.0. The quantitative estimate of drug-likeness (QED) is 0.383. The van der Waals surface area contributed by atoms with E-state index in [1.54, 1.807) is 22.3 Å². The van der Waals surface area contributed by atoms with Gasteiger partial charge in [-0.3, -0.25) is 0 Å². The summed E-state index contributed by atoms with van der Waals surface area (Å²) in [4.78, 5) is 11.4. The summed E-state index contributed by atoms with van der Waals surface area (Å²) in [6.07, 6.45) is 2.44. The Morgan fingerprint density at radius 1 is 0.538 bits per heavy atom. The van der Waals surface area contributed by atoms with Crippen molar-refractivity contribution in [3.05, 3.63) is 51.1 Å². The van der Waals surface area contributed by atoms with Crippen molar-refractivity contribution >= 4 is 18.7 Å². The van der Waals surface area contributed by atoms with Gasteiger partial charge in [-0.1, -0.05) is 0 Å². The summed E-state index contributed by atoms with van der Waals surface area (Å²) in [6, 6.07) is 2.70. The molecule has 5 heteroatoms. The fraction of sp³-hybridized carbons (Fsp3) is 0.706. The van der Waals surface area contributed by atoms with Crippen molar-refractivity contribution in [3.63, 3.8) is 0 Å². The zero-order valence-electron chi connectivity index (χ0n) is 27.9. The van der Waals surface area contributed by atoms with E-state index in [-0.39, 0.29) is 21.7 Å². The SMILES string of the molecule is CC1=C(C)N(C)[CH]([Ge]([c]2c3c(cc4c2C(C)(C)CC4(C)C)C(C)(C)CC3(C)C)[CH]2N(C)C(C)=C(C)N2C)N1C. The Bertz CT molecular complexity index is 1170. The number of rotatable bonds is 3. The van der Waals surface area contributed by atoms with Gasteiger partial charge in [0, 0.05) is 0 Å². The standard InChI is InChI=1S/C34H55GeN4/c1-20-21(2)37(14)29(36(20)13)35(30-38(15)22(3)23(4)39(30)16)28-26-24(31(5,6)18-33(26,9)10)17-25-27(28)34(11,12)19-32(25,7)8/h17,29-30H,18-19H2,1-16H3. The van der Waals surface area contributed by atoms with Gasteiger partial charge in [0.2, 0.25) is 0 Å². The maximum absolute atomic E-state index is 2.70. The predicted molar refractivity (Wildman–Crippen MR) is 169 cm³/mol. The Kier molecular flexibility index (Phi) is 6.30. The van der Waals surface area contributed by atoms with E-state index in [2.05, 4.69) is 137 Å². The maximum atomic E-state index is 2.70. The predicted octanol–water partition coefficient (Wildman–Crippen LogP) is 6.29. The van der Waals surface area contributed by atoms with Crippen molar-refractivity contribution in [2.75, 3.05) is 28.2 Å². The summed E-state index contributed by atoms with van der Waals surface area (Å²) in [7, 11) is 9.48. The molecule has 0 spiro atoms. The molecular formula is C34H55GeN4. The van der Waals surface area contributed by atoms with E-state index >= 15 is 0 Å². The molecule has 5 rings (SSSR count). The topological polar surface area (TPSA) is 13.0 Å². The Hall–Kier alpha value is -1.56. The second kappa shape index (κ2) is 8.49. The molecule has 0 N–H and O–H groups in total. The van der Waals surface area contributed by atoms with Crippen molar-refractivity contribution in [2.45, 2.75) is 128 Å². The summed E-state index contributed by atoms with van der Waals surface area (Å²) in [5, 5.41) is 0. The van der Waals surface area contributed by atoms with Gasteiger partial charge in [0.1, 0.15) is 0 Å². The minimum atomic E-state index is -2.25. The number of allylic oxidation sites excluding steroid dienone is 4. The Morgan fingerprint density at radius 2 is 0.821 bits per heavy atom. The fourth-order valence-electron chi connectivity index (χ4n) is 9.52. The van der Waals surface area contributed by atoms with E-state index in [1.807, 2.05) is 4.40 Å². The first-order valence-corrected chi connectivity index (χ1v) is 18.5. The molecule has 0 amide bonds. The van der Waals surface area contributed by atoms with E-state index in [9.17, 15) is 0 Å². The number of hydrogen-bond acceptors (Lipinski definition) is 4. The molecule has 0 aromatic heterocycles. The van der Waals surface area contributed by atoms with Crippen LogP contribution in [0.4, 0.5) is 0 Å². The van der Waals surface area contributed by atoms with Crippen molar-refractivity contribution in [1.82, 2.24) is 19.6 Å². The van der Waals surface area contributed by atoms with Crippen LogP contribution in [-0.4, -0.2) is 72.1 Å². The third-order valence-electron chi connectivity index (χ3n) is 11.4. The molecule has 4 nitrogen and oxygen atoms in total. The van der Waals surface area contributed by atoms with E-state index in [4.69, 9.17) is 0 Å². The molecule has 39 heavy (non-hydrogen) atoms. The third-order valence-corrected chi connectivity index (χ3v) is 19.2. The normalized spacial score (nSPS) is 25.7. The molecule has 1 aromatic carbocycles. The first-order valence-electron chi connectivity index (χ1n) is 15.0. The molecule has 0 fully saturated rings. The average molecular weight is 592 g/mol. The molecule has 0 saturated carbocycles. The molecule has 2 aliphatic carbocycles. The van der Waals surface area contributed by atoms with Gasteiger partial charge < -0.3 is 0 Å². The van der Waals surface area contributed by atoms with E-state index in [0.717, 1.165) is 0 Å². The molecule has 1 aromatic rings. The zero-order chi connectivity index (χ0) is 29.4. The van der Waals surface area contributed by atoms with Crippen LogP contribution in [0.1, 0.15) is 118 Å². The average Bonchev–Trinajstić information content (AvgIpc) is 3.29. The van der Waals surface area contributed by atoms with Crippen molar-refractivity contribution in [3.8, 4) is 0 Å². The molecule has 0 saturated heterocycles. The first-order chi connectivity index (χ1) is 17.7. The van der Waals surface area contributed by atoms with Crippen molar-refractivity contribution in [1.29, 1.82) is 0 Å². The second-order valence-corrected chi connectivity index (χ2v) is 21.1. The molecule has 4 aliphatic rings. The Balaban J connectivity index is 1.93. The third kappa shape index (κ3) is 3.82. The van der Waals surface area contributed by atoms with Crippen LogP contribution in [0.15, 0.2) is 28.9 Å². The zero-order valence-corrected chi connectivity index (χ0v) is 30.0. The van der Waals surface area contributed by atoms with Gasteiger partial charge in [0.15, 0.2) is 0 Å².